The Balaban J connectivity index is 1.50. The van der Waals surface area contributed by atoms with Gasteiger partial charge in [0, 0.05) is 21.4 Å². The average molecular weight is 342 g/mol. The van der Waals surface area contributed by atoms with Gasteiger partial charge in [-0.15, -0.1) is 11.3 Å². The minimum atomic E-state index is -0.246. The van der Waals surface area contributed by atoms with E-state index >= 15 is 0 Å². The van der Waals surface area contributed by atoms with Gasteiger partial charge in [0.2, 0.25) is 5.89 Å². The van der Waals surface area contributed by atoms with E-state index in [9.17, 15) is 4.39 Å². The van der Waals surface area contributed by atoms with E-state index in [0.717, 1.165) is 18.0 Å². The van der Waals surface area contributed by atoms with Crippen molar-refractivity contribution >= 4 is 11.3 Å². The van der Waals surface area contributed by atoms with Crippen molar-refractivity contribution in [2.75, 3.05) is 6.54 Å². The van der Waals surface area contributed by atoms with Crippen LogP contribution in [0.2, 0.25) is 0 Å². The molecule has 1 aromatic carbocycles. The molecule has 0 radical (unpaired) electrons. The van der Waals surface area contributed by atoms with Gasteiger partial charge in [0.15, 0.2) is 5.76 Å². The summed E-state index contributed by atoms with van der Waals surface area (Å²) >= 11 is 1.87. The summed E-state index contributed by atoms with van der Waals surface area (Å²) in [5, 5.41) is 0. The first kappa shape index (κ1) is 15.5. The molecule has 3 heterocycles. The molecule has 0 spiro atoms. The van der Waals surface area contributed by atoms with E-state index in [1.165, 1.54) is 34.7 Å². The van der Waals surface area contributed by atoms with E-state index in [1.54, 1.807) is 18.3 Å². The summed E-state index contributed by atoms with van der Waals surface area (Å²) in [5.74, 6) is 1.16. The smallest absolute Gasteiger partial charge is 0.209 e. The van der Waals surface area contributed by atoms with Crippen LogP contribution in [0.5, 0.6) is 0 Å². The Morgan fingerprint density at radius 2 is 2.08 bits per heavy atom. The zero-order chi connectivity index (χ0) is 16.5. The van der Waals surface area contributed by atoms with Gasteiger partial charge in [-0.2, -0.15) is 0 Å². The molecule has 1 fully saturated rings. The quantitative estimate of drug-likeness (QED) is 0.653. The topological polar surface area (TPSA) is 29.3 Å². The molecular weight excluding hydrogens is 323 g/mol. The number of likely N-dealkylation sites (tertiary alicyclic amines) is 1. The van der Waals surface area contributed by atoms with Gasteiger partial charge >= 0.3 is 0 Å². The number of oxazole rings is 1. The molecule has 0 bridgehead atoms. The standard InChI is InChI=1S/C19H19FN2OS/c1-13-4-9-18(24-13)16-3-2-10-22(16)12-19-21-11-17(23-19)14-5-7-15(20)8-6-14/h4-9,11,16H,2-3,10,12H2,1H3. The molecule has 1 aliphatic rings. The van der Waals surface area contributed by atoms with Crippen molar-refractivity contribution in [1.82, 2.24) is 9.88 Å². The molecule has 0 aliphatic carbocycles. The van der Waals surface area contributed by atoms with Gasteiger partial charge in [-0.05, 0) is 62.7 Å². The van der Waals surface area contributed by atoms with Gasteiger partial charge in [-0.1, -0.05) is 0 Å². The lowest BCUT2D eigenvalue weighted by Crippen LogP contribution is -2.22. The lowest BCUT2D eigenvalue weighted by Gasteiger charge is -2.21. The minimum absolute atomic E-state index is 0.246. The highest BCUT2D eigenvalue weighted by atomic mass is 32.1. The van der Waals surface area contributed by atoms with E-state index in [4.69, 9.17) is 4.42 Å². The predicted octanol–water partition coefficient (Wildman–Crippen LogP) is 5.19. The molecule has 1 unspecified atom stereocenters. The van der Waals surface area contributed by atoms with Crippen molar-refractivity contribution in [1.29, 1.82) is 0 Å². The molecule has 0 saturated carbocycles. The molecule has 1 aliphatic heterocycles. The highest BCUT2D eigenvalue weighted by Crippen LogP contribution is 2.36. The molecule has 1 atom stereocenters. The number of hydrogen-bond acceptors (Lipinski definition) is 4. The minimum Gasteiger partial charge on any atom is -0.439 e. The Morgan fingerprint density at radius 3 is 2.83 bits per heavy atom. The maximum Gasteiger partial charge on any atom is 0.209 e. The summed E-state index contributed by atoms with van der Waals surface area (Å²) in [6.07, 6.45) is 4.11. The van der Waals surface area contributed by atoms with Crippen LogP contribution in [-0.2, 0) is 6.54 Å². The number of nitrogens with zero attached hydrogens (tertiary/aromatic N) is 2. The van der Waals surface area contributed by atoms with Gasteiger partial charge in [-0.3, -0.25) is 4.90 Å². The lowest BCUT2D eigenvalue weighted by molar-refractivity contribution is 0.227. The second-order valence-electron chi connectivity index (χ2n) is 6.20. The van der Waals surface area contributed by atoms with Crippen LogP contribution >= 0.6 is 11.3 Å². The summed E-state index contributed by atoms with van der Waals surface area (Å²) in [4.78, 5) is 9.63. The molecule has 2 aromatic heterocycles. The van der Waals surface area contributed by atoms with E-state index in [1.807, 2.05) is 11.3 Å². The Hall–Kier alpha value is -1.98. The fourth-order valence-corrected chi connectivity index (χ4v) is 4.32. The van der Waals surface area contributed by atoms with E-state index in [0.29, 0.717) is 18.3 Å². The monoisotopic (exact) mass is 342 g/mol. The van der Waals surface area contributed by atoms with Crippen LogP contribution in [0, 0.1) is 12.7 Å². The van der Waals surface area contributed by atoms with Crippen molar-refractivity contribution in [3.63, 3.8) is 0 Å². The number of halogens is 1. The van der Waals surface area contributed by atoms with Gasteiger partial charge in [0.25, 0.3) is 0 Å². The molecule has 124 valence electrons. The Kier molecular flexibility index (Phi) is 4.21. The SMILES string of the molecule is Cc1ccc(C2CCCN2Cc2ncc(-c3ccc(F)cc3)o2)s1. The van der Waals surface area contributed by atoms with Crippen LogP contribution in [0.15, 0.2) is 47.0 Å². The van der Waals surface area contributed by atoms with E-state index in [2.05, 4.69) is 28.9 Å². The normalized spacial score (nSPS) is 18.3. The van der Waals surface area contributed by atoms with Crippen LogP contribution in [0.1, 0.15) is 34.5 Å². The second kappa shape index (κ2) is 6.49. The van der Waals surface area contributed by atoms with Crippen LogP contribution in [0.4, 0.5) is 4.39 Å². The van der Waals surface area contributed by atoms with Gasteiger partial charge in [-0.25, -0.2) is 9.37 Å². The predicted molar refractivity (Wildman–Crippen MR) is 93.3 cm³/mol. The second-order valence-corrected chi connectivity index (χ2v) is 7.52. The van der Waals surface area contributed by atoms with E-state index in [-0.39, 0.29) is 5.82 Å². The number of rotatable bonds is 4. The Bertz CT molecular complexity index is 824. The molecule has 0 amide bonds. The number of thiophene rings is 1. The third-order valence-corrected chi connectivity index (χ3v) is 5.58. The van der Waals surface area contributed by atoms with Crippen LogP contribution in [0.25, 0.3) is 11.3 Å². The molecule has 3 nitrogen and oxygen atoms in total. The third kappa shape index (κ3) is 3.14. The third-order valence-electron chi connectivity index (χ3n) is 4.47. The van der Waals surface area contributed by atoms with Gasteiger partial charge < -0.3 is 4.42 Å². The van der Waals surface area contributed by atoms with E-state index < -0.39 is 0 Å². The highest BCUT2D eigenvalue weighted by Gasteiger charge is 2.28. The molecule has 4 rings (SSSR count). The lowest BCUT2D eigenvalue weighted by atomic mass is 10.2. The summed E-state index contributed by atoms with van der Waals surface area (Å²) < 4.78 is 18.9. The van der Waals surface area contributed by atoms with Crippen LogP contribution in [-0.4, -0.2) is 16.4 Å². The maximum atomic E-state index is 13.0. The number of aromatic nitrogens is 1. The molecular formula is C19H19FN2OS. The van der Waals surface area contributed by atoms with Gasteiger partial charge in [0.1, 0.15) is 5.82 Å². The fraction of sp³-hybridized carbons (Fsp3) is 0.316. The maximum absolute atomic E-state index is 13.0. The number of hydrogen-bond donors (Lipinski definition) is 0. The molecule has 24 heavy (non-hydrogen) atoms. The molecule has 1 saturated heterocycles. The first-order valence-electron chi connectivity index (χ1n) is 8.20. The van der Waals surface area contributed by atoms with Crippen LogP contribution < -0.4 is 0 Å². The first-order chi connectivity index (χ1) is 11.7. The van der Waals surface area contributed by atoms with Crippen molar-refractivity contribution in [2.24, 2.45) is 0 Å². The van der Waals surface area contributed by atoms with Crippen LogP contribution in [0.3, 0.4) is 0 Å². The average Bonchev–Trinajstić information content (AvgIpc) is 3.30. The van der Waals surface area contributed by atoms with Crippen molar-refractivity contribution in [3.8, 4) is 11.3 Å². The zero-order valence-corrected chi connectivity index (χ0v) is 14.4. The molecule has 0 N–H and O–H groups in total. The Labute approximate surface area is 144 Å². The van der Waals surface area contributed by atoms with Crippen molar-refractivity contribution in [2.45, 2.75) is 32.4 Å². The first-order valence-corrected chi connectivity index (χ1v) is 9.02. The largest absolute Gasteiger partial charge is 0.439 e. The molecule has 5 heteroatoms. The highest BCUT2D eigenvalue weighted by molar-refractivity contribution is 7.12. The number of aryl methyl sites for hydroxylation is 1. The van der Waals surface area contributed by atoms with Crippen molar-refractivity contribution in [3.05, 3.63) is 64.1 Å². The van der Waals surface area contributed by atoms with Crippen molar-refractivity contribution < 1.29 is 8.81 Å². The molecule has 3 aromatic rings. The summed E-state index contributed by atoms with van der Waals surface area (Å²) in [6.45, 7) is 3.93. The number of benzene rings is 1. The zero-order valence-electron chi connectivity index (χ0n) is 13.5. The fourth-order valence-electron chi connectivity index (χ4n) is 3.27. The Morgan fingerprint density at radius 1 is 1.25 bits per heavy atom. The summed E-state index contributed by atoms with van der Waals surface area (Å²) in [7, 11) is 0. The van der Waals surface area contributed by atoms with Gasteiger partial charge in [0.05, 0.1) is 12.7 Å². The summed E-state index contributed by atoms with van der Waals surface area (Å²) in [6, 6.07) is 11.2. The summed E-state index contributed by atoms with van der Waals surface area (Å²) in [5.41, 5.74) is 0.849.